The van der Waals surface area contributed by atoms with Crippen LogP contribution in [0.5, 0.6) is 0 Å². The van der Waals surface area contributed by atoms with Gasteiger partial charge in [-0.1, -0.05) is 30.3 Å². The minimum absolute atomic E-state index is 0.0339. The lowest BCUT2D eigenvalue weighted by Gasteiger charge is -2.31. The molecule has 5 rings (SSSR count). The molecular weight excluding hydrogens is 512 g/mol. The highest BCUT2D eigenvalue weighted by molar-refractivity contribution is 8.01. The molecule has 2 fully saturated rings. The Balaban J connectivity index is 1.14. The minimum Gasteiger partial charge on any atom is -0.342 e. The Morgan fingerprint density at radius 1 is 1.08 bits per heavy atom. The largest absolute Gasteiger partial charge is 0.342 e. The summed E-state index contributed by atoms with van der Waals surface area (Å²) in [6.45, 7) is 1.16. The van der Waals surface area contributed by atoms with Crippen molar-refractivity contribution in [3.63, 3.8) is 0 Å². The Hall–Kier alpha value is -3.57. The van der Waals surface area contributed by atoms with Crippen LogP contribution in [0.15, 0.2) is 60.0 Å². The number of imide groups is 1. The molecule has 0 spiro atoms. The van der Waals surface area contributed by atoms with Crippen LogP contribution in [0.25, 0.3) is 11.3 Å². The van der Waals surface area contributed by atoms with Gasteiger partial charge in [0.25, 0.3) is 5.69 Å². The molecule has 0 bridgehead atoms. The fourth-order valence-corrected chi connectivity index (χ4v) is 6.70. The van der Waals surface area contributed by atoms with Gasteiger partial charge in [0.1, 0.15) is 0 Å². The van der Waals surface area contributed by atoms with Crippen LogP contribution in [-0.2, 0) is 14.4 Å². The van der Waals surface area contributed by atoms with E-state index in [4.69, 9.17) is 0 Å². The van der Waals surface area contributed by atoms with Crippen LogP contribution in [-0.4, -0.2) is 56.6 Å². The number of rotatable bonds is 7. The van der Waals surface area contributed by atoms with Crippen molar-refractivity contribution in [3.05, 3.63) is 75.1 Å². The van der Waals surface area contributed by atoms with Crippen LogP contribution < -0.4 is 4.90 Å². The Labute approximate surface area is 221 Å². The highest BCUT2D eigenvalue weighted by atomic mass is 32.2. The maximum absolute atomic E-state index is 12.8. The van der Waals surface area contributed by atoms with Gasteiger partial charge in [-0.25, -0.2) is 9.88 Å². The number of aromatic nitrogens is 1. The lowest BCUT2D eigenvalue weighted by molar-refractivity contribution is -0.384. The van der Waals surface area contributed by atoms with E-state index in [0.717, 1.165) is 17.8 Å². The zero-order valence-corrected chi connectivity index (χ0v) is 21.5. The third kappa shape index (κ3) is 5.28. The van der Waals surface area contributed by atoms with Crippen LogP contribution in [0.2, 0.25) is 0 Å². The molecule has 3 amide bonds. The SMILES string of the molecule is O=C(CSC1CC(=O)N(c2ccccc2)C1=O)N1CCC(c2nc(-c3ccccc3[N+](=O)[O-])cs2)CC1. The molecule has 1 atom stereocenters. The van der Waals surface area contributed by atoms with Crippen molar-refractivity contribution >= 4 is 52.2 Å². The first kappa shape index (κ1) is 25.1. The second kappa shape index (κ2) is 10.8. The number of likely N-dealkylation sites (tertiary alicyclic amines) is 1. The Kier molecular flexibility index (Phi) is 7.33. The van der Waals surface area contributed by atoms with Crippen molar-refractivity contribution in [2.75, 3.05) is 23.7 Å². The molecule has 0 saturated carbocycles. The molecule has 0 N–H and O–H groups in total. The molecule has 2 saturated heterocycles. The first-order chi connectivity index (χ1) is 17.9. The minimum atomic E-state index is -0.551. The van der Waals surface area contributed by atoms with Gasteiger partial charge in [0.15, 0.2) is 0 Å². The van der Waals surface area contributed by atoms with Crippen molar-refractivity contribution in [1.29, 1.82) is 0 Å². The summed E-state index contributed by atoms with van der Waals surface area (Å²) in [5, 5.41) is 13.6. The lowest BCUT2D eigenvalue weighted by atomic mass is 9.97. The number of hydrogen-bond donors (Lipinski definition) is 0. The zero-order valence-electron chi connectivity index (χ0n) is 19.8. The number of nitro groups is 1. The Morgan fingerprint density at radius 3 is 2.51 bits per heavy atom. The first-order valence-corrected chi connectivity index (χ1v) is 13.9. The molecule has 37 heavy (non-hydrogen) atoms. The molecule has 11 heteroatoms. The molecule has 0 aliphatic carbocycles. The van der Waals surface area contributed by atoms with Crippen LogP contribution in [0.1, 0.15) is 30.2 Å². The molecule has 2 aliphatic heterocycles. The number of carbonyl (C=O) groups excluding carboxylic acids is 3. The second-order valence-corrected chi connectivity index (χ2v) is 11.0. The number of thioether (sulfide) groups is 1. The van der Waals surface area contributed by atoms with Gasteiger partial charge in [-0.2, -0.15) is 0 Å². The van der Waals surface area contributed by atoms with Crippen LogP contribution >= 0.6 is 23.1 Å². The number of carbonyl (C=O) groups is 3. The maximum atomic E-state index is 12.8. The molecule has 1 aromatic heterocycles. The van der Waals surface area contributed by atoms with E-state index < -0.39 is 10.2 Å². The van der Waals surface area contributed by atoms with Gasteiger partial charge in [0, 0.05) is 36.9 Å². The van der Waals surface area contributed by atoms with E-state index in [1.807, 2.05) is 11.4 Å². The number of amides is 3. The van der Waals surface area contributed by atoms with Crippen molar-refractivity contribution in [2.45, 2.75) is 30.4 Å². The van der Waals surface area contributed by atoms with Gasteiger partial charge in [-0.05, 0) is 31.0 Å². The van der Waals surface area contributed by atoms with E-state index in [2.05, 4.69) is 4.98 Å². The van der Waals surface area contributed by atoms with Crippen LogP contribution in [0, 0.1) is 10.1 Å². The fourth-order valence-electron chi connectivity index (χ4n) is 4.67. The molecule has 3 aromatic rings. The predicted molar refractivity (Wildman–Crippen MR) is 143 cm³/mol. The lowest BCUT2D eigenvalue weighted by Crippen LogP contribution is -2.39. The van der Waals surface area contributed by atoms with Gasteiger partial charge in [-0.3, -0.25) is 24.5 Å². The van der Waals surface area contributed by atoms with E-state index >= 15 is 0 Å². The van der Waals surface area contributed by atoms with Crippen LogP contribution in [0.4, 0.5) is 11.4 Å². The normalized spacial score (nSPS) is 18.4. The number of para-hydroxylation sites is 2. The number of nitro benzene ring substituents is 1. The van der Waals surface area contributed by atoms with Crippen molar-refractivity contribution < 1.29 is 19.3 Å². The third-order valence-corrected chi connectivity index (χ3v) is 8.81. The summed E-state index contributed by atoms with van der Waals surface area (Å²) in [5.41, 5.74) is 1.70. The van der Waals surface area contributed by atoms with Crippen molar-refractivity contribution in [1.82, 2.24) is 9.88 Å². The van der Waals surface area contributed by atoms with E-state index in [1.54, 1.807) is 47.4 Å². The summed E-state index contributed by atoms with van der Waals surface area (Å²) in [4.78, 5) is 56.7. The standard InChI is InChI=1S/C26H24N4O5S2/c31-23-14-22(26(33)29(23)18-6-2-1-3-7-18)36-16-24(32)28-12-10-17(11-13-28)25-27-20(15-37-25)19-8-4-5-9-21(19)30(34)35/h1-9,15,17,22H,10-14,16H2. The van der Waals surface area contributed by atoms with E-state index in [0.29, 0.717) is 30.0 Å². The monoisotopic (exact) mass is 536 g/mol. The van der Waals surface area contributed by atoms with Gasteiger partial charge >= 0.3 is 0 Å². The van der Waals surface area contributed by atoms with Crippen LogP contribution in [0.3, 0.4) is 0 Å². The molecule has 2 aromatic carbocycles. The number of piperidine rings is 1. The molecule has 9 nitrogen and oxygen atoms in total. The highest BCUT2D eigenvalue weighted by Crippen LogP contribution is 2.36. The summed E-state index contributed by atoms with van der Waals surface area (Å²) in [6.07, 6.45) is 1.60. The number of anilines is 1. The average molecular weight is 537 g/mol. The number of thiazole rings is 1. The second-order valence-electron chi connectivity index (χ2n) is 8.91. The topological polar surface area (TPSA) is 114 Å². The van der Waals surface area contributed by atoms with Gasteiger partial charge < -0.3 is 4.90 Å². The number of benzene rings is 2. The Morgan fingerprint density at radius 2 is 1.78 bits per heavy atom. The van der Waals surface area contributed by atoms with E-state index in [-0.39, 0.29) is 41.5 Å². The summed E-state index contributed by atoms with van der Waals surface area (Å²) in [6, 6.07) is 15.4. The summed E-state index contributed by atoms with van der Waals surface area (Å²) in [5.74, 6) is -0.222. The summed E-state index contributed by atoms with van der Waals surface area (Å²) < 4.78 is 0. The third-order valence-electron chi connectivity index (χ3n) is 6.62. The van der Waals surface area contributed by atoms with E-state index in [9.17, 15) is 24.5 Å². The zero-order chi connectivity index (χ0) is 25.9. The summed E-state index contributed by atoms with van der Waals surface area (Å²) >= 11 is 2.72. The molecule has 1 unspecified atom stereocenters. The molecule has 0 radical (unpaired) electrons. The van der Waals surface area contributed by atoms with E-state index in [1.165, 1.54) is 34.1 Å². The molecule has 2 aliphatic rings. The van der Waals surface area contributed by atoms with Crippen molar-refractivity contribution in [2.24, 2.45) is 0 Å². The van der Waals surface area contributed by atoms with Gasteiger partial charge in [0.2, 0.25) is 17.7 Å². The first-order valence-electron chi connectivity index (χ1n) is 11.9. The smallest absolute Gasteiger partial charge is 0.278 e. The quantitative estimate of drug-likeness (QED) is 0.248. The molecule has 190 valence electrons. The van der Waals surface area contributed by atoms with Gasteiger partial charge in [0.05, 0.1) is 37.9 Å². The highest BCUT2D eigenvalue weighted by Gasteiger charge is 2.40. The summed E-state index contributed by atoms with van der Waals surface area (Å²) in [7, 11) is 0. The Bertz CT molecular complexity index is 1340. The maximum Gasteiger partial charge on any atom is 0.278 e. The molecule has 3 heterocycles. The fraction of sp³-hybridized carbons (Fsp3) is 0.308. The predicted octanol–water partition coefficient (Wildman–Crippen LogP) is 4.49. The number of nitrogens with zero attached hydrogens (tertiary/aromatic N) is 4. The molecular formula is C26H24N4O5S2. The van der Waals surface area contributed by atoms with Gasteiger partial charge in [-0.15, -0.1) is 23.1 Å². The average Bonchev–Trinajstić information content (AvgIpc) is 3.52. The number of hydrogen-bond acceptors (Lipinski definition) is 8. The van der Waals surface area contributed by atoms with Crippen molar-refractivity contribution in [3.8, 4) is 11.3 Å².